The van der Waals surface area contributed by atoms with Gasteiger partial charge in [0.2, 0.25) is 0 Å². The van der Waals surface area contributed by atoms with E-state index >= 15 is 0 Å². The van der Waals surface area contributed by atoms with Crippen LogP contribution >= 0.6 is 0 Å². The van der Waals surface area contributed by atoms with E-state index in [0.29, 0.717) is 17.0 Å². The maximum absolute atomic E-state index is 13.0. The Bertz CT molecular complexity index is 1370. The second kappa shape index (κ2) is 13.9. The number of amides is 3. The van der Waals surface area contributed by atoms with Crippen LogP contribution in [-0.4, -0.2) is 35.9 Å². The predicted molar refractivity (Wildman–Crippen MR) is 150 cm³/mol. The summed E-state index contributed by atoms with van der Waals surface area (Å²) in [5, 5.41) is 16.8. The molecule has 3 amide bonds. The lowest BCUT2D eigenvalue weighted by molar-refractivity contribution is -0.274. The zero-order valence-electron chi connectivity index (χ0n) is 22.7. The van der Waals surface area contributed by atoms with Gasteiger partial charge in [-0.2, -0.15) is 0 Å². The molecule has 1 fully saturated rings. The zero-order valence-corrected chi connectivity index (χ0v) is 22.7. The number of carboxylic acids is 1. The van der Waals surface area contributed by atoms with Crippen LogP contribution in [0.4, 0.5) is 23.7 Å². The lowest BCUT2D eigenvalue weighted by atomic mass is 9.83. The molecule has 4 N–H and O–H groups in total. The highest BCUT2D eigenvalue weighted by molar-refractivity contribution is 5.94. The van der Waals surface area contributed by atoms with Crippen molar-refractivity contribution < 1.29 is 37.4 Å². The van der Waals surface area contributed by atoms with E-state index in [1.54, 1.807) is 24.3 Å². The van der Waals surface area contributed by atoms with Gasteiger partial charge < -0.3 is 25.8 Å². The summed E-state index contributed by atoms with van der Waals surface area (Å²) in [4.78, 5) is 36.1. The second-order valence-corrected chi connectivity index (χ2v) is 10.1. The van der Waals surface area contributed by atoms with Crippen molar-refractivity contribution in [1.82, 2.24) is 10.6 Å². The number of hydrogen-bond acceptors (Lipinski definition) is 4. The molecule has 0 bridgehead atoms. The van der Waals surface area contributed by atoms with Crippen molar-refractivity contribution in [3.8, 4) is 5.75 Å². The maximum Gasteiger partial charge on any atom is 0.573 e. The summed E-state index contributed by atoms with van der Waals surface area (Å²) < 4.78 is 41.8. The van der Waals surface area contributed by atoms with Crippen molar-refractivity contribution in [2.45, 2.75) is 56.8 Å². The van der Waals surface area contributed by atoms with Gasteiger partial charge in [-0.05, 0) is 59.7 Å². The Balaban J connectivity index is 1.53. The Morgan fingerprint density at radius 2 is 1.55 bits per heavy atom. The normalized spacial score (nSPS) is 14.5. The monoisotopic (exact) mass is 583 g/mol. The fourth-order valence-electron chi connectivity index (χ4n) is 5.04. The molecule has 1 unspecified atom stereocenters. The summed E-state index contributed by atoms with van der Waals surface area (Å²) in [5.41, 5.74) is 3.09. The number of anilines is 1. The number of rotatable bonds is 10. The third kappa shape index (κ3) is 8.98. The van der Waals surface area contributed by atoms with Gasteiger partial charge in [-0.25, -0.2) is 4.79 Å². The number of alkyl halides is 3. The van der Waals surface area contributed by atoms with Crippen LogP contribution in [0.15, 0.2) is 72.8 Å². The van der Waals surface area contributed by atoms with Crippen LogP contribution in [0.3, 0.4) is 0 Å². The van der Waals surface area contributed by atoms with Gasteiger partial charge in [-0.1, -0.05) is 61.7 Å². The molecule has 8 nitrogen and oxygen atoms in total. The van der Waals surface area contributed by atoms with Crippen LogP contribution in [0.25, 0.3) is 0 Å². The average molecular weight is 584 g/mol. The average Bonchev–Trinajstić information content (AvgIpc) is 2.96. The molecule has 1 aliphatic rings. The molecule has 0 aliphatic heterocycles. The first kappa shape index (κ1) is 30.4. The van der Waals surface area contributed by atoms with Crippen molar-refractivity contribution in [2.75, 3.05) is 11.9 Å². The van der Waals surface area contributed by atoms with Crippen molar-refractivity contribution in [2.24, 2.45) is 0 Å². The minimum atomic E-state index is -4.87. The van der Waals surface area contributed by atoms with E-state index in [4.69, 9.17) is 5.11 Å². The predicted octanol–water partition coefficient (Wildman–Crippen LogP) is 6.75. The molecule has 222 valence electrons. The first-order valence-electron chi connectivity index (χ1n) is 13.7. The molecule has 1 atom stereocenters. The van der Waals surface area contributed by atoms with Crippen LogP contribution in [0.5, 0.6) is 5.75 Å². The first-order chi connectivity index (χ1) is 20.1. The molecule has 0 saturated heterocycles. The molecular formula is C31H32F3N3O5. The largest absolute Gasteiger partial charge is 0.573 e. The van der Waals surface area contributed by atoms with E-state index in [1.165, 1.54) is 37.0 Å². The Morgan fingerprint density at radius 3 is 2.17 bits per heavy atom. The maximum atomic E-state index is 13.0. The number of urea groups is 1. The number of hydrogen-bond donors (Lipinski definition) is 4. The molecule has 42 heavy (non-hydrogen) atoms. The van der Waals surface area contributed by atoms with Crippen molar-refractivity contribution in [3.05, 3.63) is 95.1 Å². The summed E-state index contributed by atoms with van der Waals surface area (Å²) in [6.07, 6.45) is 0.841. The van der Waals surface area contributed by atoms with Crippen LogP contribution < -0.4 is 20.7 Å². The van der Waals surface area contributed by atoms with Crippen molar-refractivity contribution in [3.63, 3.8) is 0 Å². The van der Waals surface area contributed by atoms with Crippen LogP contribution in [0.2, 0.25) is 0 Å². The smallest absolute Gasteiger partial charge is 0.481 e. The Kier molecular flexibility index (Phi) is 10.1. The molecular weight excluding hydrogens is 551 g/mol. The number of carbonyl (C=O) groups is 3. The third-order valence-corrected chi connectivity index (χ3v) is 7.08. The SMILES string of the molecule is O=C(O)CCNC(=O)c1ccc(C(NC(=O)Nc2cccc(OC(F)(F)F)c2)c2ccc(C3CCCCC3)cc2)cc1. The Hall–Kier alpha value is -4.54. The fraction of sp³-hybridized carbons (Fsp3) is 0.323. The number of ether oxygens (including phenoxy) is 1. The highest BCUT2D eigenvalue weighted by Crippen LogP contribution is 2.34. The summed E-state index contributed by atoms with van der Waals surface area (Å²) in [6.45, 7) is -0.0111. The van der Waals surface area contributed by atoms with Gasteiger partial charge in [0, 0.05) is 23.9 Å². The van der Waals surface area contributed by atoms with Gasteiger partial charge in [0.05, 0.1) is 12.5 Å². The van der Waals surface area contributed by atoms with Gasteiger partial charge in [0.25, 0.3) is 5.91 Å². The number of nitrogens with one attached hydrogen (secondary N) is 3. The topological polar surface area (TPSA) is 117 Å². The number of carboxylic acid groups (broad SMARTS) is 1. The number of carbonyl (C=O) groups excluding carboxylic acids is 2. The van der Waals surface area contributed by atoms with E-state index in [9.17, 15) is 27.6 Å². The summed E-state index contributed by atoms with van der Waals surface area (Å²) >= 11 is 0. The van der Waals surface area contributed by atoms with E-state index in [2.05, 4.69) is 32.8 Å². The number of benzene rings is 3. The lowest BCUT2D eigenvalue weighted by Crippen LogP contribution is -2.33. The van der Waals surface area contributed by atoms with Crippen LogP contribution in [0, 0.1) is 0 Å². The fourth-order valence-corrected chi connectivity index (χ4v) is 5.04. The molecule has 4 rings (SSSR count). The third-order valence-electron chi connectivity index (χ3n) is 7.08. The van der Waals surface area contributed by atoms with Crippen LogP contribution in [-0.2, 0) is 4.79 Å². The molecule has 3 aromatic carbocycles. The van der Waals surface area contributed by atoms with E-state index in [-0.39, 0.29) is 18.7 Å². The highest BCUT2D eigenvalue weighted by atomic mass is 19.4. The van der Waals surface area contributed by atoms with E-state index < -0.39 is 36.1 Å². The minimum Gasteiger partial charge on any atom is -0.481 e. The standard InChI is InChI=1S/C31H32F3N3O5/c32-31(33,34)42-26-8-4-7-25(19-26)36-30(41)37-28(22-11-9-21(10-12-22)20-5-2-1-3-6-20)23-13-15-24(16-14-23)29(40)35-18-17-27(38)39/h4,7-16,19-20,28H,1-3,5-6,17-18H2,(H,35,40)(H,38,39)(H2,36,37,41). The quantitative estimate of drug-likeness (QED) is 0.211. The molecule has 0 heterocycles. The van der Waals surface area contributed by atoms with Gasteiger partial charge >= 0.3 is 18.4 Å². The molecule has 1 saturated carbocycles. The summed E-state index contributed by atoms with van der Waals surface area (Å²) in [6, 6.07) is 18.2. The Labute approximate surface area is 241 Å². The van der Waals surface area contributed by atoms with Crippen molar-refractivity contribution in [1.29, 1.82) is 0 Å². The lowest BCUT2D eigenvalue weighted by Gasteiger charge is -2.24. The minimum absolute atomic E-state index is 0.0111. The molecule has 0 radical (unpaired) electrons. The van der Waals surface area contributed by atoms with Gasteiger partial charge in [0.15, 0.2) is 0 Å². The van der Waals surface area contributed by atoms with Gasteiger partial charge in [0.1, 0.15) is 5.75 Å². The summed E-state index contributed by atoms with van der Waals surface area (Å²) in [7, 11) is 0. The molecule has 3 aromatic rings. The van der Waals surface area contributed by atoms with Crippen LogP contribution in [0.1, 0.15) is 77.5 Å². The van der Waals surface area contributed by atoms with E-state index in [1.807, 2.05) is 12.1 Å². The van der Waals surface area contributed by atoms with Crippen molar-refractivity contribution >= 4 is 23.6 Å². The highest BCUT2D eigenvalue weighted by Gasteiger charge is 2.31. The Morgan fingerprint density at radius 1 is 0.905 bits per heavy atom. The zero-order chi connectivity index (χ0) is 30.1. The second-order valence-electron chi connectivity index (χ2n) is 10.1. The number of aliphatic carboxylic acids is 1. The molecule has 11 heteroatoms. The van der Waals surface area contributed by atoms with Gasteiger partial charge in [-0.3, -0.25) is 9.59 Å². The summed E-state index contributed by atoms with van der Waals surface area (Å²) in [5.74, 6) is -1.42. The number of halogens is 3. The first-order valence-corrected chi connectivity index (χ1v) is 13.7. The van der Waals surface area contributed by atoms with Gasteiger partial charge in [-0.15, -0.1) is 13.2 Å². The molecule has 1 aliphatic carbocycles. The molecule has 0 aromatic heterocycles. The molecule has 0 spiro atoms. The van der Waals surface area contributed by atoms with E-state index in [0.717, 1.165) is 30.5 Å².